The van der Waals surface area contributed by atoms with E-state index >= 15 is 0 Å². The summed E-state index contributed by atoms with van der Waals surface area (Å²) in [6.07, 6.45) is 0. The summed E-state index contributed by atoms with van der Waals surface area (Å²) in [5.41, 5.74) is 8.92. The molecule has 0 bridgehead atoms. The highest BCUT2D eigenvalue weighted by atomic mass is 16.7. The van der Waals surface area contributed by atoms with Crippen molar-refractivity contribution in [1.82, 2.24) is 0 Å². The predicted molar refractivity (Wildman–Crippen MR) is 88.1 cm³/mol. The van der Waals surface area contributed by atoms with Gasteiger partial charge in [0.2, 0.25) is 0 Å². The molecule has 0 radical (unpaired) electrons. The van der Waals surface area contributed by atoms with Crippen LogP contribution in [-0.4, -0.2) is 13.9 Å². The summed E-state index contributed by atoms with van der Waals surface area (Å²) in [6.45, 7) is 11.0. The Labute approximate surface area is 127 Å². The standard InChI is InChI=1S/C19H24O2/c1-12-7-15(4)19(16(5)8-12)17-9-14(3)18(10-13(17)2)21-11-20-6/h7-10H,11H2,1-6H3. The smallest absolute Gasteiger partial charge is 0.188 e. The lowest BCUT2D eigenvalue weighted by Crippen LogP contribution is -2.01. The largest absolute Gasteiger partial charge is 0.467 e. The lowest BCUT2D eigenvalue weighted by molar-refractivity contribution is 0.0506. The highest BCUT2D eigenvalue weighted by Crippen LogP contribution is 2.34. The number of methoxy groups -OCH3 is 1. The summed E-state index contributed by atoms with van der Waals surface area (Å²) in [7, 11) is 1.63. The zero-order valence-corrected chi connectivity index (χ0v) is 13.8. The Morgan fingerprint density at radius 1 is 0.762 bits per heavy atom. The summed E-state index contributed by atoms with van der Waals surface area (Å²) >= 11 is 0. The molecule has 0 amide bonds. The summed E-state index contributed by atoms with van der Waals surface area (Å²) in [4.78, 5) is 0. The maximum absolute atomic E-state index is 5.62. The molecular weight excluding hydrogens is 260 g/mol. The van der Waals surface area contributed by atoms with E-state index in [-0.39, 0.29) is 6.79 Å². The second-order valence-corrected chi connectivity index (χ2v) is 5.76. The molecule has 2 nitrogen and oxygen atoms in total. The topological polar surface area (TPSA) is 18.5 Å². The molecule has 2 heteroatoms. The van der Waals surface area contributed by atoms with Crippen molar-refractivity contribution in [3.8, 4) is 16.9 Å². The van der Waals surface area contributed by atoms with Crippen LogP contribution in [0, 0.1) is 34.6 Å². The molecular formula is C19H24O2. The number of rotatable bonds is 4. The molecule has 0 fully saturated rings. The summed E-state index contributed by atoms with van der Waals surface area (Å²) in [5.74, 6) is 0.889. The van der Waals surface area contributed by atoms with E-state index in [0.29, 0.717) is 0 Å². The van der Waals surface area contributed by atoms with E-state index in [1.54, 1.807) is 7.11 Å². The third-order valence-corrected chi connectivity index (χ3v) is 3.80. The van der Waals surface area contributed by atoms with Gasteiger partial charge in [0.15, 0.2) is 6.79 Å². The lowest BCUT2D eigenvalue weighted by Gasteiger charge is -2.17. The van der Waals surface area contributed by atoms with Crippen LogP contribution in [-0.2, 0) is 4.74 Å². The monoisotopic (exact) mass is 284 g/mol. The van der Waals surface area contributed by atoms with Gasteiger partial charge in [-0.05, 0) is 80.1 Å². The van der Waals surface area contributed by atoms with E-state index in [1.165, 1.54) is 33.4 Å². The molecule has 2 rings (SSSR count). The van der Waals surface area contributed by atoms with E-state index in [4.69, 9.17) is 9.47 Å². The molecule has 0 saturated heterocycles. The quantitative estimate of drug-likeness (QED) is 0.745. The van der Waals surface area contributed by atoms with Gasteiger partial charge in [-0.25, -0.2) is 0 Å². The Balaban J connectivity index is 2.53. The van der Waals surface area contributed by atoms with E-state index in [9.17, 15) is 0 Å². The first-order valence-electron chi connectivity index (χ1n) is 7.25. The minimum atomic E-state index is 0.280. The van der Waals surface area contributed by atoms with Crippen molar-refractivity contribution < 1.29 is 9.47 Å². The molecule has 0 aliphatic heterocycles. The minimum Gasteiger partial charge on any atom is -0.467 e. The van der Waals surface area contributed by atoms with Gasteiger partial charge in [-0.2, -0.15) is 0 Å². The molecule has 0 spiro atoms. The molecule has 0 heterocycles. The van der Waals surface area contributed by atoms with Gasteiger partial charge in [-0.15, -0.1) is 0 Å². The van der Waals surface area contributed by atoms with Gasteiger partial charge in [-0.1, -0.05) is 17.7 Å². The summed E-state index contributed by atoms with van der Waals surface area (Å²) in [6, 6.07) is 8.80. The minimum absolute atomic E-state index is 0.280. The molecule has 0 saturated carbocycles. The molecule has 2 aromatic rings. The first-order chi connectivity index (χ1) is 9.93. The first-order valence-corrected chi connectivity index (χ1v) is 7.25. The van der Waals surface area contributed by atoms with Gasteiger partial charge in [-0.3, -0.25) is 0 Å². The van der Waals surface area contributed by atoms with Crippen LogP contribution in [0.25, 0.3) is 11.1 Å². The fourth-order valence-electron chi connectivity index (χ4n) is 2.94. The highest BCUT2D eigenvalue weighted by molar-refractivity contribution is 5.75. The summed E-state index contributed by atoms with van der Waals surface area (Å²) in [5, 5.41) is 0. The zero-order chi connectivity index (χ0) is 15.6. The number of benzene rings is 2. The molecule has 0 aliphatic carbocycles. The van der Waals surface area contributed by atoms with Crippen LogP contribution in [0.15, 0.2) is 24.3 Å². The van der Waals surface area contributed by atoms with E-state index in [1.807, 2.05) is 0 Å². The van der Waals surface area contributed by atoms with E-state index in [0.717, 1.165) is 11.3 Å². The maximum Gasteiger partial charge on any atom is 0.188 e. The van der Waals surface area contributed by atoms with Crippen LogP contribution < -0.4 is 4.74 Å². The van der Waals surface area contributed by atoms with Gasteiger partial charge in [0.25, 0.3) is 0 Å². The number of hydrogen-bond donors (Lipinski definition) is 0. The average molecular weight is 284 g/mol. The zero-order valence-electron chi connectivity index (χ0n) is 13.8. The number of hydrogen-bond acceptors (Lipinski definition) is 2. The van der Waals surface area contributed by atoms with Crippen LogP contribution in [0.1, 0.15) is 27.8 Å². The molecule has 0 aromatic heterocycles. The summed E-state index contributed by atoms with van der Waals surface area (Å²) < 4.78 is 10.6. The predicted octanol–water partition coefficient (Wildman–Crippen LogP) is 4.88. The van der Waals surface area contributed by atoms with Crippen LogP contribution in [0.3, 0.4) is 0 Å². The molecule has 2 aromatic carbocycles. The Morgan fingerprint density at radius 3 is 1.95 bits per heavy atom. The number of ether oxygens (including phenoxy) is 2. The molecule has 112 valence electrons. The molecule has 0 unspecified atom stereocenters. The maximum atomic E-state index is 5.62. The Hall–Kier alpha value is -1.80. The van der Waals surface area contributed by atoms with Gasteiger partial charge in [0, 0.05) is 7.11 Å². The van der Waals surface area contributed by atoms with Gasteiger partial charge < -0.3 is 9.47 Å². The second-order valence-electron chi connectivity index (χ2n) is 5.76. The Kier molecular flexibility index (Phi) is 4.69. The van der Waals surface area contributed by atoms with E-state index in [2.05, 4.69) is 58.9 Å². The van der Waals surface area contributed by atoms with Crippen molar-refractivity contribution in [3.05, 3.63) is 52.1 Å². The van der Waals surface area contributed by atoms with Crippen molar-refractivity contribution >= 4 is 0 Å². The fourth-order valence-corrected chi connectivity index (χ4v) is 2.94. The van der Waals surface area contributed by atoms with Crippen LogP contribution in [0.5, 0.6) is 5.75 Å². The fraction of sp³-hybridized carbons (Fsp3) is 0.368. The Morgan fingerprint density at radius 2 is 1.38 bits per heavy atom. The Bertz CT molecular complexity index is 634. The van der Waals surface area contributed by atoms with Crippen LogP contribution in [0.2, 0.25) is 0 Å². The molecule has 0 N–H and O–H groups in total. The van der Waals surface area contributed by atoms with Gasteiger partial charge in [0.1, 0.15) is 5.75 Å². The average Bonchev–Trinajstić information content (AvgIpc) is 2.39. The van der Waals surface area contributed by atoms with Crippen molar-refractivity contribution in [1.29, 1.82) is 0 Å². The molecule has 0 atom stereocenters. The van der Waals surface area contributed by atoms with Crippen LogP contribution >= 0.6 is 0 Å². The van der Waals surface area contributed by atoms with Crippen molar-refractivity contribution in [3.63, 3.8) is 0 Å². The lowest BCUT2D eigenvalue weighted by atomic mass is 9.90. The normalized spacial score (nSPS) is 10.8. The second kappa shape index (κ2) is 6.31. The van der Waals surface area contributed by atoms with Crippen molar-refractivity contribution in [2.75, 3.05) is 13.9 Å². The van der Waals surface area contributed by atoms with Crippen LogP contribution in [0.4, 0.5) is 0 Å². The first kappa shape index (κ1) is 15.6. The van der Waals surface area contributed by atoms with Gasteiger partial charge >= 0.3 is 0 Å². The third-order valence-electron chi connectivity index (χ3n) is 3.80. The van der Waals surface area contributed by atoms with Gasteiger partial charge in [0.05, 0.1) is 0 Å². The van der Waals surface area contributed by atoms with Crippen molar-refractivity contribution in [2.45, 2.75) is 34.6 Å². The molecule has 0 aliphatic rings. The van der Waals surface area contributed by atoms with E-state index < -0.39 is 0 Å². The number of aryl methyl sites for hydroxylation is 5. The highest BCUT2D eigenvalue weighted by Gasteiger charge is 2.12. The third kappa shape index (κ3) is 3.27. The SMILES string of the molecule is COCOc1cc(C)c(-c2c(C)cc(C)cc2C)cc1C. The van der Waals surface area contributed by atoms with Crippen molar-refractivity contribution in [2.24, 2.45) is 0 Å². The molecule has 21 heavy (non-hydrogen) atoms.